The minimum Gasteiger partial charge on any atom is -0.494 e. The number of fused-ring (bicyclic) bond motifs is 1. The maximum Gasteiger partial charge on any atom is 0.248 e. The van der Waals surface area contributed by atoms with Gasteiger partial charge in [0.05, 0.1) is 6.61 Å². The third kappa shape index (κ3) is 5.26. The van der Waals surface area contributed by atoms with Gasteiger partial charge in [-0.25, -0.2) is 4.39 Å². The summed E-state index contributed by atoms with van der Waals surface area (Å²) in [5, 5.41) is 1.02. The van der Waals surface area contributed by atoms with Crippen molar-refractivity contribution >= 4 is 10.9 Å². The van der Waals surface area contributed by atoms with E-state index in [1.807, 2.05) is 37.3 Å². The highest BCUT2D eigenvalue weighted by Crippen LogP contribution is 2.21. The minimum atomic E-state index is -0.181. The average Bonchev–Trinajstić information content (AvgIpc) is 2.74. The molecule has 1 aliphatic heterocycles. The van der Waals surface area contributed by atoms with Crippen molar-refractivity contribution in [3.63, 3.8) is 0 Å². The number of pyridine rings is 1. The SMILES string of the molecule is Cc1cc(=O)[nH]c2ccc(OCCCN3CCN(Cc4ccc(F)cc4)CC3)cc12. The number of aromatic nitrogens is 1. The van der Waals surface area contributed by atoms with Crippen LogP contribution < -0.4 is 10.3 Å². The molecule has 1 aliphatic rings. The largest absolute Gasteiger partial charge is 0.494 e. The van der Waals surface area contributed by atoms with Crippen molar-refractivity contribution in [3.05, 3.63) is 75.8 Å². The molecular formula is C24H28FN3O2. The molecule has 0 aliphatic carbocycles. The van der Waals surface area contributed by atoms with Gasteiger partial charge in [0.1, 0.15) is 11.6 Å². The second kappa shape index (κ2) is 9.41. The van der Waals surface area contributed by atoms with Crippen molar-refractivity contribution in [1.29, 1.82) is 0 Å². The number of rotatable bonds is 7. The minimum absolute atomic E-state index is 0.0774. The number of nitrogens with zero attached hydrogens (tertiary/aromatic N) is 2. The molecule has 5 nitrogen and oxygen atoms in total. The van der Waals surface area contributed by atoms with Gasteiger partial charge in [0.15, 0.2) is 0 Å². The Morgan fingerprint density at radius 1 is 1.00 bits per heavy atom. The Morgan fingerprint density at radius 3 is 2.50 bits per heavy atom. The van der Waals surface area contributed by atoms with Gasteiger partial charge >= 0.3 is 0 Å². The van der Waals surface area contributed by atoms with E-state index in [1.165, 1.54) is 12.1 Å². The van der Waals surface area contributed by atoms with Crippen LogP contribution in [0, 0.1) is 12.7 Å². The zero-order chi connectivity index (χ0) is 20.9. The predicted octanol–water partition coefficient (Wildman–Crippen LogP) is 3.56. The molecule has 2 aromatic carbocycles. The third-order valence-electron chi connectivity index (χ3n) is 5.69. The van der Waals surface area contributed by atoms with Crippen LogP contribution in [-0.2, 0) is 6.54 Å². The Bertz CT molecular complexity index is 1040. The number of H-pyrrole nitrogens is 1. The number of aromatic amines is 1. The lowest BCUT2D eigenvalue weighted by Gasteiger charge is -2.34. The molecule has 1 aromatic heterocycles. The first-order chi connectivity index (χ1) is 14.6. The first kappa shape index (κ1) is 20.6. The standard InChI is InChI=1S/C24H28FN3O2/c1-18-15-24(29)26-23-8-7-21(16-22(18)23)30-14-2-9-27-10-12-28(13-11-27)17-19-3-5-20(25)6-4-19/h3-8,15-16H,2,9-14,17H2,1H3,(H,26,29). The van der Waals surface area contributed by atoms with E-state index in [-0.39, 0.29) is 11.4 Å². The number of aryl methyl sites for hydroxylation is 1. The second-order valence-corrected chi connectivity index (χ2v) is 7.97. The van der Waals surface area contributed by atoms with Gasteiger partial charge < -0.3 is 14.6 Å². The van der Waals surface area contributed by atoms with E-state index >= 15 is 0 Å². The van der Waals surface area contributed by atoms with Crippen molar-refractivity contribution in [3.8, 4) is 5.75 Å². The van der Waals surface area contributed by atoms with Gasteiger partial charge in [0.25, 0.3) is 0 Å². The fraction of sp³-hybridized carbons (Fsp3) is 0.375. The summed E-state index contributed by atoms with van der Waals surface area (Å²) in [5.41, 5.74) is 2.88. The number of ether oxygens (including phenoxy) is 1. The zero-order valence-corrected chi connectivity index (χ0v) is 17.4. The smallest absolute Gasteiger partial charge is 0.248 e. The molecule has 30 heavy (non-hydrogen) atoms. The summed E-state index contributed by atoms with van der Waals surface area (Å²) < 4.78 is 19.0. The van der Waals surface area contributed by atoms with Gasteiger partial charge in [0.2, 0.25) is 5.56 Å². The molecule has 1 N–H and O–H groups in total. The van der Waals surface area contributed by atoms with Crippen molar-refractivity contribution in [2.75, 3.05) is 39.3 Å². The van der Waals surface area contributed by atoms with Crippen molar-refractivity contribution in [2.45, 2.75) is 19.9 Å². The molecule has 0 atom stereocenters. The van der Waals surface area contributed by atoms with Crippen LogP contribution in [0.15, 0.2) is 53.3 Å². The van der Waals surface area contributed by atoms with Gasteiger partial charge in [-0.2, -0.15) is 0 Å². The van der Waals surface area contributed by atoms with E-state index in [0.717, 1.165) is 73.5 Å². The third-order valence-corrected chi connectivity index (χ3v) is 5.69. The van der Waals surface area contributed by atoms with Crippen LogP contribution in [0.5, 0.6) is 5.75 Å². The highest BCUT2D eigenvalue weighted by molar-refractivity contribution is 5.83. The normalized spacial score (nSPS) is 15.5. The Balaban J connectivity index is 1.19. The van der Waals surface area contributed by atoms with E-state index < -0.39 is 0 Å². The quantitative estimate of drug-likeness (QED) is 0.606. The number of hydrogen-bond acceptors (Lipinski definition) is 4. The number of hydrogen-bond donors (Lipinski definition) is 1. The molecule has 0 spiro atoms. The van der Waals surface area contributed by atoms with Crippen molar-refractivity contribution < 1.29 is 9.13 Å². The van der Waals surface area contributed by atoms with E-state index in [4.69, 9.17) is 4.74 Å². The van der Waals surface area contributed by atoms with Crippen molar-refractivity contribution in [1.82, 2.24) is 14.8 Å². The van der Waals surface area contributed by atoms with E-state index in [0.29, 0.717) is 6.61 Å². The Morgan fingerprint density at radius 2 is 1.73 bits per heavy atom. The Labute approximate surface area is 176 Å². The molecule has 0 unspecified atom stereocenters. The van der Waals surface area contributed by atoms with Gasteiger partial charge in [-0.15, -0.1) is 0 Å². The highest BCUT2D eigenvalue weighted by Gasteiger charge is 2.16. The van der Waals surface area contributed by atoms with Gasteiger partial charge in [-0.3, -0.25) is 9.69 Å². The first-order valence-corrected chi connectivity index (χ1v) is 10.5. The van der Waals surface area contributed by atoms with E-state index in [1.54, 1.807) is 6.07 Å². The summed E-state index contributed by atoms with van der Waals surface area (Å²) in [6.07, 6.45) is 0.973. The molecule has 1 fully saturated rings. The Hall–Kier alpha value is -2.70. The summed E-state index contributed by atoms with van der Waals surface area (Å²) in [6, 6.07) is 14.2. The molecular weight excluding hydrogens is 381 g/mol. The number of piperazine rings is 1. The van der Waals surface area contributed by atoms with Gasteiger partial charge in [-0.05, 0) is 54.8 Å². The lowest BCUT2D eigenvalue weighted by atomic mass is 10.1. The Kier molecular flexibility index (Phi) is 6.45. The van der Waals surface area contributed by atoms with Crippen LogP contribution >= 0.6 is 0 Å². The summed E-state index contributed by atoms with van der Waals surface area (Å²) >= 11 is 0. The van der Waals surface area contributed by atoms with E-state index in [9.17, 15) is 9.18 Å². The fourth-order valence-corrected chi connectivity index (χ4v) is 3.99. The monoisotopic (exact) mass is 409 g/mol. The number of halogens is 1. The number of benzene rings is 2. The van der Waals surface area contributed by atoms with Crippen LogP contribution in [0.1, 0.15) is 17.5 Å². The zero-order valence-electron chi connectivity index (χ0n) is 17.4. The second-order valence-electron chi connectivity index (χ2n) is 7.97. The molecule has 2 heterocycles. The molecule has 0 bridgehead atoms. The molecule has 3 aromatic rings. The fourth-order valence-electron chi connectivity index (χ4n) is 3.99. The summed E-state index contributed by atoms with van der Waals surface area (Å²) in [6.45, 7) is 8.66. The van der Waals surface area contributed by atoms with Gasteiger partial charge in [0, 0.05) is 56.2 Å². The van der Waals surface area contributed by atoms with Crippen LogP contribution in [-0.4, -0.2) is 54.1 Å². The average molecular weight is 410 g/mol. The van der Waals surface area contributed by atoms with Gasteiger partial charge in [-0.1, -0.05) is 12.1 Å². The lowest BCUT2D eigenvalue weighted by molar-refractivity contribution is 0.121. The summed E-state index contributed by atoms with van der Waals surface area (Å²) in [4.78, 5) is 19.3. The van der Waals surface area contributed by atoms with Crippen LogP contribution in [0.2, 0.25) is 0 Å². The summed E-state index contributed by atoms with van der Waals surface area (Å²) in [7, 11) is 0. The molecule has 4 rings (SSSR count). The molecule has 1 saturated heterocycles. The number of nitrogens with one attached hydrogen (secondary N) is 1. The molecule has 0 amide bonds. The molecule has 158 valence electrons. The lowest BCUT2D eigenvalue weighted by Crippen LogP contribution is -2.46. The van der Waals surface area contributed by atoms with E-state index in [2.05, 4.69) is 14.8 Å². The van der Waals surface area contributed by atoms with Crippen LogP contribution in [0.4, 0.5) is 4.39 Å². The molecule has 6 heteroatoms. The summed E-state index contributed by atoms with van der Waals surface area (Å²) in [5.74, 6) is 0.654. The van der Waals surface area contributed by atoms with Crippen molar-refractivity contribution in [2.24, 2.45) is 0 Å². The van der Waals surface area contributed by atoms with Crippen LogP contribution in [0.3, 0.4) is 0 Å². The first-order valence-electron chi connectivity index (χ1n) is 10.5. The topological polar surface area (TPSA) is 48.6 Å². The molecule has 0 radical (unpaired) electrons. The maximum absolute atomic E-state index is 13.0. The predicted molar refractivity (Wildman–Crippen MR) is 118 cm³/mol. The van der Waals surface area contributed by atoms with Crippen LogP contribution in [0.25, 0.3) is 10.9 Å². The molecule has 0 saturated carbocycles. The maximum atomic E-state index is 13.0. The highest BCUT2D eigenvalue weighted by atomic mass is 19.1.